The average molecular weight is 245 g/mol. The van der Waals surface area contributed by atoms with Gasteiger partial charge in [-0.05, 0) is 24.8 Å². The van der Waals surface area contributed by atoms with E-state index in [0.717, 1.165) is 6.42 Å². The predicted molar refractivity (Wildman–Crippen MR) is 77.4 cm³/mol. The van der Waals surface area contributed by atoms with Gasteiger partial charge in [0.15, 0.2) is 6.29 Å². The van der Waals surface area contributed by atoms with E-state index in [-0.39, 0.29) is 0 Å². The molecule has 0 atom stereocenters. The summed E-state index contributed by atoms with van der Waals surface area (Å²) >= 11 is 0. The molecule has 0 amide bonds. The minimum Gasteiger partial charge on any atom is -0.291 e. The Labute approximate surface area is 112 Å². The Morgan fingerprint density at radius 2 is 1.28 bits per heavy atom. The number of benzene rings is 1. The molecule has 0 aliphatic carbocycles. The van der Waals surface area contributed by atoms with Crippen LogP contribution in [-0.2, 0) is 11.2 Å². The summed E-state index contributed by atoms with van der Waals surface area (Å²) in [6.45, 7) is 0. The van der Waals surface area contributed by atoms with E-state index in [1.54, 1.807) is 0 Å². The first-order chi connectivity index (χ1) is 8.93. The molecule has 0 spiro atoms. The normalized spacial score (nSPS) is 10.4. The van der Waals surface area contributed by atoms with Crippen molar-refractivity contribution in [2.45, 2.75) is 64.2 Å². The zero-order valence-corrected chi connectivity index (χ0v) is 11.4. The van der Waals surface area contributed by atoms with Gasteiger partial charge in [-0.25, -0.2) is 0 Å². The summed E-state index contributed by atoms with van der Waals surface area (Å²) in [5.41, 5.74) is 1.46. The van der Waals surface area contributed by atoms with Crippen LogP contribution in [-0.4, -0.2) is 6.29 Å². The van der Waals surface area contributed by atoms with E-state index in [0.29, 0.717) is 6.42 Å². The first kappa shape index (κ1) is 14.9. The van der Waals surface area contributed by atoms with Crippen LogP contribution in [0.4, 0.5) is 0 Å². The molecule has 1 nitrogen and oxygen atoms in total. The summed E-state index contributed by atoms with van der Waals surface area (Å²) in [5.74, 6) is 0. The lowest BCUT2D eigenvalue weighted by Gasteiger charge is -2.02. The maximum Gasteiger partial charge on any atom is 0.198 e. The Balaban J connectivity index is 1.83. The average Bonchev–Trinajstić information content (AvgIpc) is 2.42. The molecular formula is C17H25O. The van der Waals surface area contributed by atoms with Crippen LogP contribution >= 0.6 is 0 Å². The molecule has 1 radical (unpaired) electrons. The van der Waals surface area contributed by atoms with Crippen molar-refractivity contribution in [3.8, 4) is 0 Å². The SMILES string of the molecule is O=[C]CCCCCCCCCCc1ccccc1. The van der Waals surface area contributed by atoms with E-state index >= 15 is 0 Å². The maximum atomic E-state index is 10.0. The van der Waals surface area contributed by atoms with Gasteiger partial charge < -0.3 is 0 Å². The molecule has 99 valence electrons. The quantitative estimate of drug-likeness (QED) is 0.509. The van der Waals surface area contributed by atoms with Crippen molar-refractivity contribution in [1.29, 1.82) is 0 Å². The fraction of sp³-hybridized carbons (Fsp3) is 0.588. The summed E-state index contributed by atoms with van der Waals surface area (Å²) < 4.78 is 0. The maximum absolute atomic E-state index is 10.0. The molecule has 0 aliphatic heterocycles. The third kappa shape index (κ3) is 8.05. The Bertz CT molecular complexity index is 292. The van der Waals surface area contributed by atoms with Gasteiger partial charge >= 0.3 is 0 Å². The van der Waals surface area contributed by atoms with Crippen LogP contribution in [0.15, 0.2) is 30.3 Å². The summed E-state index contributed by atoms with van der Waals surface area (Å²) in [6.07, 6.45) is 14.0. The Hall–Kier alpha value is -1.11. The van der Waals surface area contributed by atoms with Crippen molar-refractivity contribution in [3.05, 3.63) is 35.9 Å². The molecule has 0 N–H and O–H groups in total. The first-order valence-corrected chi connectivity index (χ1v) is 7.32. The van der Waals surface area contributed by atoms with Crippen molar-refractivity contribution in [2.24, 2.45) is 0 Å². The Morgan fingerprint density at radius 1 is 0.722 bits per heavy atom. The fourth-order valence-corrected chi connectivity index (χ4v) is 2.23. The smallest absolute Gasteiger partial charge is 0.198 e. The van der Waals surface area contributed by atoms with E-state index in [4.69, 9.17) is 0 Å². The highest BCUT2D eigenvalue weighted by Crippen LogP contribution is 2.11. The van der Waals surface area contributed by atoms with Gasteiger partial charge in [0.25, 0.3) is 0 Å². The van der Waals surface area contributed by atoms with E-state index in [1.807, 2.05) is 6.29 Å². The van der Waals surface area contributed by atoms with Crippen LogP contribution < -0.4 is 0 Å². The van der Waals surface area contributed by atoms with Crippen LogP contribution in [0.2, 0.25) is 0 Å². The lowest BCUT2D eigenvalue weighted by molar-refractivity contribution is 0.538. The van der Waals surface area contributed by atoms with Crippen molar-refractivity contribution in [3.63, 3.8) is 0 Å². The number of hydrogen-bond donors (Lipinski definition) is 0. The summed E-state index contributed by atoms with van der Waals surface area (Å²) in [6, 6.07) is 10.7. The molecule has 1 rings (SSSR count). The lowest BCUT2D eigenvalue weighted by Crippen LogP contribution is -1.86. The van der Waals surface area contributed by atoms with Crippen molar-refractivity contribution < 1.29 is 4.79 Å². The zero-order valence-electron chi connectivity index (χ0n) is 11.4. The van der Waals surface area contributed by atoms with Crippen LogP contribution in [0.1, 0.15) is 63.4 Å². The largest absolute Gasteiger partial charge is 0.291 e. The Morgan fingerprint density at radius 3 is 1.89 bits per heavy atom. The van der Waals surface area contributed by atoms with Gasteiger partial charge in [0.1, 0.15) is 0 Å². The highest BCUT2D eigenvalue weighted by Gasteiger charge is 1.94. The monoisotopic (exact) mass is 245 g/mol. The van der Waals surface area contributed by atoms with Gasteiger partial charge in [0, 0.05) is 6.42 Å². The first-order valence-electron chi connectivity index (χ1n) is 7.32. The minimum absolute atomic E-state index is 0.622. The molecule has 0 aromatic heterocycles. The molecule has 1 heteroatoms. The number of carbonyl (C=O) groups excluding carboxylic acids is 1. The second-order valence-corrected chi connectivity index (χ2v) is 4.96. The molecule has 0 saturated heterocycles. The van der Waals surface area contributed by atoms with Gasteiger partial charge in [-0.15, -0.1) is 0 Å². The van der Waals surface area contributed by atoms with Crippen LogP contribution in [0.25, 0.3) is 0 Å². The molecule has 0 bridgehead atoms. The summed E-state index contributed by atoms with van der Waals surface area (Å²) in [7, 11) is 0. The third-order valence-electron chi connectivity index (χ3n) is 3.34. The van der Waals surface area contributed by atoms with E-state index in [9.17, 15) is 4.79 Å². The van der Waals surface area contributed by atoms with Gasteiger partial charge in [-0.2, -0.15) is 0 Å². The highest BCUT2D eigenvalue weighted by molar-refractivity contribution is 5.50. The molecule has 0 fully saturated rings. The van der Waals surface area contributed by atoms with E-state index in [2.05, 4.69) is 30.3 Å². The fourth-order valence-electron chi connectivity index (χ4n) is 2.23. The van der Waals surface area contributed by atoms with Crippen LogP contribution in [0, 0.1) is 0 Å². The van der Waals surface area contributed by atoms with Crippen LogP contribution in [0.3, 0.4) is 0 Å². The highest BCUT2D eigenvalue weighted by atomic mass is 16.1. The van der Waals surface area contributed by atoms with E-state index < -0.39 is 0 Å². The second-order valence-electron chi connectivity index (χ2n) is 4.96. The number of aryl methyl sites for hydroxylation is 1. The van der Waals surface area contributed by atoms with Crippen molar-refractivity contribution in [1.82, 2.24) is 0 Å². The zero-order chi connectivity index (χ0) is 12.9. The predicted octanol–water partition coefficient (Wildman–Crippen LogP) is 4.85. The molecule has 0 unspecified atom stereocenters. The van der Waals surface area contributed by atoms with Gasteiger partial charge in [0.05, 0.1) is 0 Å². The standard InChI is InChI=1S/C17H25O/c18-16-12-7-5-3-1-2-4-6-9-13-17-14-10-8-11-15-17/h8,10-11,14-15H,1-7,9,12-13H2. The van der Waals surface area contributed by atoms with Gasteiger partial charge in [-0.1, -0.05) is 68.9 Å². The van der Waals surface area contributed by atoms with E-state index in [1.165, 1.54) is 56.9 Å². The van der Waals surface area contributed by atoms with Crippen LogP contribution in [0.5, 0.6) is 0 Å². The molecular weight excluding hydrogens is 220 g/mol. The topological polar surface area (TPSA) is 17.1 Å². The number of rotatable bonds is 11. The molecule has 1 aromatic rings. The number of hydrogen-bond acceptors (Lipinski definition) is 1. The van der Waals surface area contributed by atoms with Crippen molar-refractivity contribution in [2.75, 3.05) is 0 Å². The summed E-state index contributed by atoms with van der Waals surface area (Å²) in [5, 5.41) is 0. The molecule has 1 aromatic carbocycles. The molecule has 0 aliphatic rings. The number of unbranched alkanes of at least 4 members (excludes halogenated alkanes) is 8. The Kier molecular flexibility index (Phi) is 9.14. The van der Waals surface area contributed by atoms with Crippen molar-refractivity contribution >= 4 is 6.29 Å². The second kappa shape index (κ2) is 11.0. The third-order valence-corrected chi connectivity index (χ3v) is 3.34. The van der Waals surface area contributed by atoms with Gasteiger partial charge in [0.2, 0.25) is 0 Å². The lowest BCUT2D eigenvalue weighted by atomic mass is 10.0. The van der Waals surface area contributed by atoms with Gasteiger partial charge in [-0.3, -0.25) is 4.79 Å². The molecule has 0 heterocycles. The molecule has 0 saturated carbocycles. The molecule has 18 heavy (non-hydrogen) atoms. The minimum atomic E-state index is 0.622. The summed E-state index contributed by atoms with van der Waals surface area (Å²) in [4.78, 5) is 10.0.